The second-order valence-corrected chi connectivity index (χ2v) is 6.82. The van der Waals surface area contributed by atoms with E-state index in [-0.39, 0.29) is 11.9 Å². The van der Waals surface area contributed by atoms with Gasteiger partial charge in [-0.1, -0.05) is 42.0 Å². The van der Waals surface area contributed by atoms with E-state index in [9.17, 15) is 4.79 Å². The molecule has 4 heteroatoms. The summed E-state index contributed by atoms with van der Waals surface area (Å²) >= 11 is 0. The van der Waals surface area contributed by atoms with Gasteiger partial charge in [0.1, 0.15) is 5.69 Å². The van der Waals surface area contributed by atoms with Crippen LogP contribution in [0.4, 0.5) is 5.69 Å². The molecule has 0 radical (unpaired) electrons. The maximum atomic E-state index is 12.4. The topological polar surface area (TPSA) is 54.0 Å². The molecule has 0 aliphatic heterocycles. The number of hydrogen-bond donors (Lipinski definition) is 2. The fourth-order valence-corrected chi connectivity index (χ4v) is 3.28. The van der Waals surface area contributed by atoms with Gasteiger partial charge in [-0.25, -0.2) is 0 Å². The molecular weight excluding hydrogens is 322 g/mol. The Labute approximate surface area is 155 Å². The number of aromatic nitrogens is 1. The summed E-state index contributed by atoms with van der Waals surface area (Å²) in [6, 6.07) is 14.1. The van der Waals surface area contributed by atoms with Gasteiger partial charge in [0.15, 0.2) is 0 Å². The van der Waals surface area contributed by atoms with Gasteiger partial charge in [0, 0.05) is 24.5 Å². The average molecular weight is 349 g/mol. The molecule has 1 atom stereocenters. The van der Waals surface area contributed by atoms with Crippen LogP contribution in [0.15, 0.2) is 60.3 Å². The van der Waals surface area contributed by atoms with Crippen molar-refractivity contribution in [2.45, 2.75) is 45.1 Å². The van der Waals surface area contributed by atoms with E-state index >= 15 is 0 Å². The van der Waals surface area contributed by atoms with E-state index in [4.69, 9.17) is 0 Å². The number of pyridine rings is 1. The van der Waals surface area contributed by atoms with Crippen molar-refractivity contribution < 1.29 is 4.79 Å². The zero-order valence-corrected chi connectivity index (χ0v) is 15.4. The van der Waals surface area contributed by atoms with Crippen molar-refractivity contribution in [3.05, 3.63) is 71.6 Å². The third kappa shape index (κ3) is 5.19. The van der Waals surface area contributed by atoms with Crippen LogP contribution in [0.5, 0.6) is 0 Å². The van der Waals surface area contributed by atoms with E-state index in [0.29, 0.717) is 12.2 Å². The van der Waals surface area contributed by atoms with Crippen molar-refractivity contribution in [2.75, 3.05) is 11.9 Å². The van der Waals surface area contributed by atoms with E-state index in [2.05, 4.69) is 40.8 Å². The van der Waals surface area contributed by atoms with Crippen LogP contribution in [-0.4, -0.2) is 17.4 Å². The Balaban J connectivity index is 1.54. The summed E-state index contributed by atoms with van der Waals surface area (Å²) in [5.41, 5.74) is 4.03. The standard InChI is InChI=1S/C22H27N3O/c1-17(19-10-6-3-7-11-19)25-20-13-15-23-21(16-20)22(26)24-14-12-18-8-4-2-5-9-18/h3,6-8,10-11,13,15-17H,2,4-5,9,12,14H2,1H3,(H,23,25)(H,24,26). The van der Waals surface area contributed by atoms with E-state index in [0.717, 1.165) is 12.1 Å². The predicted octanol–water partition coefficient (Wildman–Crippen LogP) is 4.88. The molecular formula is C22H27N3O. The van der Waals surface area contributed by atoms with Crippen LogP contribution in [-0.2, 0) is 0 Å². The molecule has 1 aliphatic rings. The van der Waals surface area contributed by atoms with Crippen molar-refractivity contribution in [2.24, 2.45) is 0 Å². The van der Waals surface area contributed by atoms with Crippen molar-refractivity contribution in [1.29, 1.82) is 0 Å². The number of carbonyl (C=O) groups is 1. The second kappa shape index (κ2) is 9.18. The Kier molecular flexibility index (Phi) is 6.42. The first kappa shape index (κ1) is 18.2. The molecule has 2 aromatic rings. The quantitative estimate of drug-likeness (QED) is 0.701. The number of anilines is 1. The van der Waals surface area contributed by atoms with Crippen LogP contribution in [0.3, 0.4) is 0 Å². The first-order chi connectivity index (χ1) is 12.7. The highest BCUT2D eigenvalue weighted by atomic mass is 16.1. The molecule has 0 spiro atoms. The minimum absolute atomic E-state index is 0.113. The van der Waals surface area contributed by atoms with Crippen molar-refractivity contribution in [1.82, 2.24) is 10.3 Å². The number of benzene rings is 1. The molecule has 1 aromatic carbocycles. The van der Waals surface area contributed by atoms with Gasteiger partial charge in [0.25, 0.3) is 5.91 Å². The van der Waals surface area contributed by atoms with Gasteiger partial charge in [0.05, 0.1) is 0 Å². The first-order valence-electron chi connectivity index (χ1n) is 9.46. The highest BCUT2D eigenvalue weighted by Crippen LogP contribution is 2.20. The summed E-state index contributed by atoms with van der Waals surface area (Å²) in [6.07, 6.45) is 9.86. The van der Waals surface area contributed by atoms with Gasteiger partial charge in [-0.3, -0.25) is 9.78 Å². The van der Waals surface area contributed by atoms with Gasteiger partial charge in [0.2, 0.25) is 0 Å². The van der Waals surface area contributed by atoms with Gasteiger partial charge < -0.3 is 10.6 Å². The number of carbonyl (C=O) groups excluding carboxylic acids is 1. The van der Waals surface area contributed by atoms with Crippen molar-refractivity contribution >= 4 is 11.6 Å². The van der Waals surface area contributed by atoms with E-state index in [1.54, 1.807) is 6.20 Å². The maximum absolute atomic E-state index is 12.4. The van der Waals surface area contributed by atoms with Gasteiger partial charge in [-0.05, 0) is 56.7 Å². The summed E-state index contributed by atoms with van der Waals surface area (Å²) in [6.45, 7) is 2.78. The fourth-order valence-electron chi connectivity index (χ4n) is 3.28. The molecule has 0 saturated heterocycles. The molecule has 1 amide bonds. The zero-order valence-electron chi connectivity index (χ0n) is 15.4. The van der Waals surface area contributed by atoms with Crippen LogP contribution >= 0.6 is 0 Å². The third-order valence-electron chi connectivity index (χ3n) is 4.79. The number of hydrogen-bond acceptors (Lipinski definition) is 3. The van der Waals surface area contributed by atoms with Crippen LogP contribution in [0.1, 0.15) is 61.1 Å². The Morgan fingerprint density at radius 2 is 2.04 bits per heavy atom. The molecule has 0 fully saturated rings. The molecule has 4 nitrogen and oxygen atoms in total. The lowest BCUT2D eigenvalue weighted by atomic mass is 9.97. The molecule has 1 aliphatic carbocycles. The number of nitrogens with one attached hydrogen (secondary N) is 2. The lowest BCUT2D eigenvalue weighted by Gasteiger charge is -2.16. The Morgan fingerprint density at radius 1 is 1.19 bits per heavy atom. The Hall–Kier alpha value is -2.62. The van der Waals surface area contributed by atoms with Crippen LogP contribution in [0, 0.1) is 0 Å². The SMILES string of the molecule is CC(Nc1ccnc(C(=O)NCCC2=CCCCC2)c1)c1ccccc1. The smallest absolute Gasteiger partial charge is 0.269 e. The van der Waals surface area contributed by atoms with Gasteiger partial charge >= 0.3 is 0 Å². The average Bonchev–Trinajstić information content (AvgIpc) is 2.69. The number of nitrogens with zero attached hydrogens (tertiary/aromatic N) is 1. The molecule has 3 rings (SSSR count). The number of amides is 1. The number of allylic oxidation sites excluding steroid dienone is 1. The molecule has 1 heterocycles. The molecule has 1 unspecified atom stereocenters. The first-order valence-corrected chi connectivity index (χ1v) is 9.46. The van der Waals surface area contributed by atoms with E-state index < -0.39 is 0 Å². The van der Waals surface area contributed by atoms with E-state index in [1.807, 2.05) is 30.3 Å². The highest BCUT2D eigenvalue weighted by molar-refractivity contribution is 5.93. The van der Waals surface area contributed by atoms with Crippen LogP contribution in [0.2, 0.25) is 0 Å². The second-order valence-electron chi connectivity index (χ2n) is 6.82. The normalized spacial score (nSPS) is 15.0. The van der Waals surface area contributed by atoms with Gasteiger partial charge in [-0.15, -0.1) is 0 Å². The molecule has 0 bridgehead atoms. The summed E-state index contributed by atoms with van der Waals surface area (Å²) in [5, 5.41) is 6.42. The van der Waals surface area contributed by atoms with E-state index in [1.165, 1.54) is 36.8 Å². The minimum Gasteiger partial charge on any atom is -0.378 e. The molecule has 2 N–H and O–H groups in total. The monoisotopic (exact) mass is 349 g/mol. The van der Waals surface area contributed by atoms with Crippen molar-refractivity contribution in [3.63, 3.8) is 0 Å². The molecule has 136 valence electrons. The lowest BCUT2D eigenvalue weighted by molar-refractivity contribution is 0.0949. The largest absolute Gasteiger partial charge is 0.378 e. The predicted molar refractivity (Wildman–Crippen MR) is 106 cm³/mol. The Morgan fingerprint density at radius 3 is 2.81 bits per heavy atom. The molecule has 1 aromatic heterocycles. The van der Waals surface area contributed by atoms with Crippen LogP contribution in [0.25, 0.3) is 0 Å². The van der Waals surface area contributed by atoms with Gasteiger partial charge in [-0.2, -0.15) is 0 Å². The summed E-state index contributed by atoms with van der Waals surface area (Å²) in [5.74, 6) is -0.113. The molecule has 0 saturated carbocycles. The van der Waals surface area contributed by atoms with Crippen LogP contribution < -0.4 is 10.6 Å². The third-order valence-corrected chi connectivity index (χ3v) is 4.79. The fraction of sp³-hybridized carbons (Fsp3) is 0.364. The Bertz CT molecular complexity index is 755. The van der Waals surface area contributed by atoms with Crippen molar-refractivity contribution in [3.8, 4) is 0 Å². The zero-order chi connectivity index (χ0) is 18.2. The summed E-state index contributed by atoms with van der Waals surface area (Å²) < 4.78 is 0. The molecule has 26 heavy (non-hydrogen) atoms. The maximum Gasteiger partial charge on any atom is 0.269 e. The minimum atomic E-state index is -0.113. The summed E-state index contributed by atoms with van der Waals surface area (Å²) in [7, 11) is 0. The summed E-state index contributed by atoms with van der Waals surface area (Å²) in [4.78, 5) is 16.6. The number of rotatable bonds is 7. The highest BCUT2D eigenvalue weighted by Gasteiger charge is 2.10. The lowest BCUT2D eigenvalue weighted by Crippen LogP contribution is -2.26.